The molecule has 0 fully saturated rings. The Bertz CT molecular complexity index is 1080. The largest absolute Gasteiger partial charge is 0.465 e. The number of hydrogen-bond donors (Lipinski definition) is 1. The lowest BCUT2D eigenvalue weighted by Gasteiger charge is -2.07. The molecular formula is C19H16N4O6. The van der Waals surface area contributed by atoms with Gasteiger partial charge in [0.25, 0.3) is 0 Å². The molecule has 10 nitrogen and oxygen atoms in total. The van der Waals surface area contributed by atoms with Crippen molar-refractivity contribution in [3.63, 3.8) is 0 Å². The van der Waals surface area contributed by atoms with Crippen molar-refractivity contribution >= 4 is 29.5 Å². The van der Waals surface area contributed by atoms with E-state index in [4.69, 9.17) is 9.15 Å². The number of amides is 1. The van der Waals surface area contributed by atoms with Crippen LogP contribution in [0, 0.1) is 10.1 Å². The third-order valence-electron chi connectivity index (χ3n) is 3.85. The molecule has 0 radical (unpaired) electrons. The number of furan rings is 1. The monoisotopic (exact) mass is 396 g/mol. The van der Waals surface area contributed by atoms with E-state index in [2.05, 4.69) is 10.4 Å². The fourth-order valence-corrected chi connectivity index (χ4v) is 2.53. The van der Waals surface area contributed by atoms with Crippen LogP contribution in [0.4, 0.5) is 11.6 Å². The van der Waals surface area contributed by atoms with E-state index in [0.29, 0.717) is 17.8 Å². The Balaban J connectivity index is 1.63. The van der Waals surface area contributed by atoms with E-state index in [-0.39, 0.29) is 5.76 Å². The van der Waals surface area contributed by atoms with Crippen LogP contribution in [0.3, 0.4) is 0 Å². The minimum absolute atomic E-state index is 0.182. The molecule has 0 saturated heterocycles. The summed E-state index contributed by atoms with van der Waals surface area (Å²) >= 11 is 0. The highest BCUT2D eigenvalue weighted by Gasteiger charge is 2.12. The number of methoxy groups -OCH3 is 1. The van der Waals surface area contributed by atoms with Crippen molar-refractivity contribution in [2.24, 2.45) is 0 Å². The normalized spacial score (nSPS) is 10.8. The SMILES string of the molecule is COC(=O)c1ccccc1Cn1cc(NC(=O)/C=C/c2ccc([N+](=O)[O-])o2)cn1. The Morgan fingerprint density at radius 2 is 2.10 bits per heavy atom. The first kappa shape index (κ1) is 19.5. The summed E-state index contributed by atoms with van der Waals surface area (Å²) in [5, 5.41) is 17.4. The molecule has 1 N–H and O–H groups in total. The highest BCUT2D eigenvalue weighted by molar-refractivity contribution is 6.01. The van der Waals surface area contributed by atoms with Crippen LogP contribution in [-0.2, 0) is 16.1 Å². The van der Waals surface area contributed by atoms with E-state index in [0.717, 1.165) is 5.56 Å². The molecule has 1 amide bonds. The summed E-state index contributed by atoms with van der Waals surface area (Å²) in [7, 11) is 1.31. The van der Waals surface area contributed by atoms with Gasteiger partial charge in [-0.1, -0.05) is 18.2 Å². The predicted molar refractivity (Wildman–Crippen MR) is 102 cm³/mol. The van der Waals surface area contributed by atoms with E-state index in [1.807, 2.05) is 0 Å². The van der Waals surface area contributed by atoms with E-state index >= 15 is 0 Å². The standard InChI is InChI=1S/C19H16N4O6/c1-28-19(25)16-5-3-2-4-13(16)11-22-12-14(10-20-22)21-17(24)8-6-15-7-9-18(29-15)23(26)27/h2-10,12H,11H2,1H3,(H,21,24)/b8-6+. The van der Waals surface area contributed by atoms with Crippen molar-refractivity contribution in [3.05, 3.63) is 81.9 Å². The molecule has 3 rings (SSSR count). The molecule has 0 bridgehead atoms. The number of anilines is 1. The maximum Gasteiger partial charge on any atom is 0.433 e. The molecule has 0 saturated carbocycles. The second-order valence-corrected chi connectivity index (χ2v) is 5.83. The van der Waals surface area contributed by atoms with Crippen molar-refractivity contribution in [1.82, 2.24) is 9.78 Å². The second kappa shape index (κ2) is 8.65. The van der Waals surface area contributed by atoms with E-state index < -0.39 is 22.7 Å². The Morgan fingerprint density at radius 1 is 1.31 bits per heavy atom. The summed E-state index contributed by atoms with van der Waals surface area (Å²) in [6.07, 6.45) is 5.58. The van der Waals surface area contributed by atoms with E-state index in [1.54, 1.807) is 35.1 Å². The molecule has 0 aliphatic rings. The van der Waals surface area contributed by atoms with Gasteiger partial charge >= 0.3 is 11.9 Å². The molecule has 2 heterocycles. The third kappa shape index (κ3) is 4.95. The molecule has 0 atom stereocenters. The van der Waals surface area contributed by atoms with Gasteiger partial charge in [-0.25, -0.2) is 4.79 Å². The summed E-state index contributed by atoms with van der Waals surface area (Å²) in [6, 6.07) is 9.59. The molecular weight excluding hydrogens is 380 g/mol. The van der Waals surface area contributed by atoms with Gasteiger partial charge in [-0.2, -0.15) is 5.10 Å². The maximum atomic E-state index is 12.0. The summed E-state index contributed by atoms with van der Waals surface area (Å²) in [6.45, 7) is 0.313. The molecule has 1 aromatic carbocycles. The van der Waals surface area contributed by atoms with Crippen LogP contribution in [0.1, 0.15) is 21.7 Å². The number of carbonyl (C=O) groups is 2. The third-order valence-corrected chi connectivity index (χ3v) is 3.85. The zero-order valence-corrected chi connectivity index (χ0v) is 15.3. The molecule has 0 spiro atoms. The zero-order chi connectivity index (χ0) is 20.8. The highest BCUT2D eigenvalue weighted by atomic mass is 16.6. The number of nitrogens with one attached hydrogen (secondary N) is 1. The average molecular weight is 396 g/mol. The Morgan fingerprint density at radius 3 is 2.83 bits per heavy atom. The first-order chi connectivity index (χ1) is 14.0. The first-order valence-corrected chi connectivity index (χ1v) is 8.38. The molecule has 0 aliphatic carbocycles. The lowest BCUT2D eigenvalue weighted by molar-refractivity contribution is -0.402. The van der Waals surface area contributed by atoms with Crippen molar-refractivity contribution in [2.75, 3.05) is 12.4 Å². The average Bonchev–Trinajstić information content (AvgIpc) is 3.36. The zero-order valence-electron chi connectivity index (χ0n) is 15.3. The number of aromatic nitrogens is 2. The van der Waals surface area contributed by atoms with Gasteiger partial charge < -0.3 is 14.5 Å². The number of hydrogen-bond acceptors (Lipinski definition) is 7. The second-order valence-electron chi connectivity index (χ2n) is 5.83. The Labute approximate surface area is 164 Å². The van der Waals surface area contributed by atoms with Crippen molar-refractivity contribution in [2.45, 2.75) is 6.54 Å². The molecule has 3 aromatic rings. The minimum Gasteiger partial charge on any atom is -0.465 e. The van der Waals surface area contributed by atoms with Crippen LogP contribution in [0.15, 0.2) is 59.3 Å². The summed E-state index contributed by atoms with van der Waals surface area (Å²) in [5.41, 5.74) is 1.60. The molecule has 2 aromatic heterocycles. The van der Waals surface area contributed by atoms with Gasteiger partial charge in [0.2, 0.25) is 5.91 Å². The number of esters is 1. The van der Waals surface area contributed by atoms with Crippen LogP contribution in [0.25, 0.3) is 6.08 Å². The number of rotatable bonds is 7. The summed E-state index contributed by atoms with van der Waals surface area (Å²) in [5.74, 6) is -1.12. The van der Waals surface area contributed by atoms with Crippen molar-refractivity contribution in [1.29, 1.82) is 0 Å². The van der Waals surface area contributed by atoms with Crippen LogP contribution in [-0.4, -0.2) is 33.7 Å². The number of ether oxygens (including phenoxy) is 1. The quantitative estimate of drug-likeness (QED) is 0.281. The van der Waals surface area contributed by atoms with Gasteiger partial charge in [-0.05, 0) is 23.8 Å². The van der Waals surface area contributed by atoms with Crippen molar-refractivity contribution < 1.29 is 23.7 Å². The van der Waals surface area contributed by atoms with E-state index in [9.17, 15) is 19.7 Å². The smallest absolute Gasteiger partial charge is 0.433 e. The molecule has 0 aliphatic heterocycles. The molecule has 148 valence electrons. The van der Waals surface area contributed by atoms with Crippen LogP contribution in [0.5, 0.6) is 0 Å². The van der Waals surface area contributed by atoms with Gasteiger partial charge in [0, 0.05) is 12.3 Å². The first-order valence-electron chi connectivity index (χ1n) is 8.38. The van der Waals surface area contributed by atoms with Gasteiger partial charge in [0.1, 0.15) is 10.7 Å². The fourth-order valence-electron chi connectivity index (χ4n) is 2.53. The molecule has 10 heteroatoms. The van der Waals surface area contributed by atoms with Crippen LogP contribution < -0.4 is 5.32 Å². The van der Waals surface area contributed by atoms with Crippen molar-refractivity contribution in [3.8, 4) is 0 Å². The molecule has 29 heavy (non-hydrogen) atoms. The Hall–Kier alpha value is -4.21. The number of nitrogens with zero attached hydrogens (tertiary/aromatic N) is 3. The number of carbonyl (C=O) groups excluding carboxylic acids is 2. The van der Waals surface area contributed by atoms with Crippen LogP contribution in [0.2, 0.25) is 0 Å². The van der Waals surface area contributed by atoms with Gasteiger partial charge in [0.15, 0.2) is 0 Å². The summed E-state index contributed by atoms with van der Waals surface area (Å²) in [4.78, 5) is 33.8. The summed E-state index contributed by atoms with van der Waals surface area (Å²) < 4.78 is 11.3. The van der Waals surface area contributed by atoms with E-state index in [1.165, 1.54) is 37.6 Å². The number of benzene rings is 1. The lowest BCUT2D eigenvalue weighted by atomic mass is 10.1. The fraction of sp³-hybridized carbons (Fsp3) is 0.105. The topological polar surface area (TPSA) is 130 Å². The maximum absolute atomic E-state index is 12.0. The van der Waals surface area contributed by atoms with Crippen LogP contribution >= 0.6 is 0 Å². The minimum atomic E-state index is -0.663. The predicted octanol–water partition coefficient (Wildman–Crippen LogP) is 2.87. The molecule has 0 unspecified atom stereocenters. The lowest BCUT2D eigenvalue weighted by Crippen LogP contribution is -2.09. The van der Waals surface area contributed by atoms with Gasteiger partial charge in [-0.15, -0.1) is 0 Å². The van der Waals surface area contributed by atoms with Gasteiger partial charge in [0.05, 0.1) is 37.2 Å². The number of nitro groups is 1. The van der Waals surface area contributed by atoms with Gasteiger partial charge in [-0.3, -0.25) is 19.6 Å². The highest BCUT2D eigenvalue weighted by Crippen LogP contribution is 2.17. The Kier molecular flexibility index (Phi) is 5.83.